The second kappa shape index (κ2) is 8.31. The summed E-state index contributed by atoms with van der Waals surface area (Å²) in [5.74, 6) is -3.62. The number of nitrogens with zero attached hydrogens (tertiary/aromatic N) is 1. The molecule has 2 aliphatic rings. The van der Waals surface area contributed by atoms with Gasteiger partial charge in [0, 0.05) is 38.0 Å². The van der Waals surface area contributed by atoms with Gasteiger partial charge in [-0.25, -0.2) is 13.2 Å². The van der Waals surface area contributed by atoms with Gasteiger partial charge in [0.25, 0.3) is 0 Å². The second-order valence-electron chi connectivity index (χ2n) is 8.07. The van der Waals surface area contributed by atoms with E-state index in [4.69, 9.17) is 23.2 Å². The predicted molar refractivity (Wildman–Crippen MR) is 113 cm³/mol. The molecule has 1 heterocycles. The molecular formula is C22H21Cl2F3N2O. The fourth-order valence-electron chi connectivity index (χ4n) is 4.22. The summed E-state index contributed by atoms with van der Waals surface area (Å²) in [4.78, 5) is 14.5. The zero-order valence-electron chi connectivity index (χ0n) is 16.2. The summed E-state index contributed by atoms with van der Waals surface area (Å²) < 4.78 is 39.2. The molecule has 4 rings (SSSR count). The van der Waals surface area contributed by atoms with E-state index in [1.54, 1.807) is 18.2 Å². The highest BCUT2D eigenvalue weighted by atomic mass is 35.5. The van der Waals surface area contributed by atoms with E-state index in [0.717, 1.165) is 29.8 Å². The van der Waals surface area contributed by atoms with Gasteiger partial charge in [-0.15, -0.1) is 0 Å². The van der Waals surface area contributed by atoms with Crippen molar-refractivity contribution in [1.29, 1.82) is 0 Å². The maximum absolute atomic E-state index is 13.2. The van der Waals surface area contributed by atoms with Crippen LogP contribution in [0, 0.1) is 11.7 Å². The first kappa shape index (κ1) is 21.3. The van der Waals surface area contributed by atoms with E-state index >= 15 is 0 Å². The van der Waals surface area contributed by atoms with E-state index < -0.39 is 5.92 Å². The zero-order chi connectivity index (χ0) is 21.5. The van der Waals surface area contributed by atoms with Crippen molar-refractivity contribution in [2.24, 2.45) is 5.92 Å². The number of alkyl halides is 2. The molecule has 8 heteroatoms. The number of hydrogen-bond acceptors (Lipinski definition) is 2. The minimum Gasteiger partial charge on any atom is -0.367 e. The first-order valence-electron chi connectivity index (χ1n) is 9.90. The van der Waals surface area contributed by atoms with Crippen LogP contribution in [0.4, 0.5) is 24.5 Å². The minimum atomic E-state index is -2.65. The summed E-state index contributed by atoms with van der Waals surface area (Å²) in [6.45, 7) is 1.33. The van der Waals surface area contributed by atoms with Crippen LogP contribution >= 0.6 is 23.2 Å². The van der Waals surface area contributed by atoms with Gasteiger partial charge in [-0.1, -0.05) is 23.2 Å². The molecular weight excluding hydrogens is 436 g/mol. The Morgan fingerprint density at radius 2 is 1.90 bits per heavy atom. The van der Waals surface area contributed by atoms with Crippen LogP contribution in [-0.4, -0.2) is 18.4 Å². The van der Waals surface area contributed by atoms with Crippen LogP contribution in [0.1, 0.15) is 36.8 Å². The molecule has 2 aromatic carbocycles. The van der Waals surface area contributed by atoms with E-state index in [-0.39, 0.29) is 36.9 Å². The number of rotatable bonds is 4. The van der Waals surface area contributed by atoms with Crippen molar-refractivity contribution in [3.8, 4) is 0 Å². The molecule has 0 radical (unpaired) electrons. The molecule has 1 fully saturated rings. The highest BCUT2D eigenvalue weighted by molar-refractivity contribution is 6.40. The van der Waals surface area contributed by atoms with E-state index in [0.29, 0.717) is 28.7 Å². The third-order valence-corrected chi connectivity index (χ3v) is 6.45. The van der Waals surface area contributed by atoms with Gasteiger partial charge in [-0.2, -0.15) is 0 Å². The SMILES string of the molecule is O=C(CC1CC(F)(F)C1)Nc1c(Cl)cc2c(c1Cl)CCCN(c1ccc(F)cc1)C2. The summed E-state index contributed by atoms with van der Waals surface area (Å²) in [5, 5.41) is 3.43. The quantitative estimate of drug-likeness (QED) is 0.572. The van der Waals surface area contributed by atoms with Crippen molar-refractivity contribution >= 4 is 40.5 Å². The Morgan fingerprint density at radius 1 is 1.20 bits per heavy atom. The van der Waals surface area contributed by atoms with Gasteiger partial charge in [-0.3, -0.25) is 4.79 Å². The number of fused-ring (bicyclic) bond motifs is 1. The minimum absolute atomic E-state index is 0.0255. The lowest BCUT2D eigenvalue weighted by Gasteiger charge is -2.34. The van der Waals surface area contributed by atoms with E-state index in [9.17, 15) is 18.0 Å². The molecule has 3 nitrogen and oxygen atoms in total. The maximum atomic E-state index is 13.2. The smallest absolute Gasteiger partial charge is 0.248 e. The number of nitrogens with one attached hydrogen (secondary N) is 1. The number of carbonyl (C=O) groups is 1. The molecule has 1 aliphatic heterocycles. The molecule has 160 valence electrons. The summed E-state index contributed by atoms with van der Waals surface area (Å²) in [5.41, 5.74) is 3.11. The van der Waals surface area contributed by atoms with Gasteiger partial charge >= 0.3 is 0 Å². The number of halogens is 5. The Balaban J connectivity index is 1.51. The number of amides is 1. The molecule has 0 unspecified atom stereocenters. The Hall–Kier alpha value is -1.92. The van der Waals surface area contributed by atoms with Crippen LogP contribution in [0.3, 0.4) is 0 Å². The molecule has 1 saturated carbocycles. The number of carbonyl (C=O) groups excluding carboxylic acids is 1. The zero-order valence-corrected chi connectivity index (χ0v) is 17.7. The Bertz CT molecular complexity index is 958. The van der Waals surface area contributed by atoms with Crippen molar-refractivity contribution in [3.63, 3.8) is 0 Å². The van der Waals surface area contributed by atoms with Gasteiger partial charge in [0.15, 0.2) is 0 Å². The van der Waals surface area contributed by atoms with E-state index in [2.05, 4.69) is 10.2 Å². The van der Waals surface area contributed by atoms with Gasteiger partial charge in [-0.05, 0) is 60.2 Å². The molecule has 1 N–H and O–H groups in total. The molecule has 0 spiro atoms. The fourth-order valence-corrected chi connectivity index (χ4v) is 4.91. The van der Waals surface area contributed by atoms with Crippen molar-refractivity contribution in [3.05, 3.63) is 57.3 Å². The maximum Gasteiger partial charge on any atom is 0.248 e. The summed E-state index contributed by atoms with van der Waals surface area (Å²) >= 11 is 13.0. The first-order chi connectivity index (χ1) is 14.2. The van der Waals surface area contributed by atoms with Gasteiger partial charge < -0.3 is 10.2 Å². The third kappa shape index (κ3) is 4.54. The van der Waals surface area contributed by atoms with Crippen molar-refractivity contribution in [2.45, 2.75) is 44.6 Å². The van der Waals surface area contributed by atoms with Crippen LogP contribution < -0.4 is 10.2 Å². The first-order valence-corrected chi connectivity index (χ1v) is 10.7. The van der Waals surface area contributed by atoms with Crippen LogP contribution in [0.15, 0.2) is 30.3 Å². The number of anilines is 2. The lowest BCUT2D eigenvalue weighted by atomic mass is 9.79. The van der Waals surface area contributed by atoms with Crippen molar-refractivity contribution < 1.29 is 18.0 Å². The fraction of sp³-hybridized carbons (Fsp3) is 0.409. The molecule has 0 atom stereocenters. The number of hydrogen-bond donors (Lipinski definition) is 1. The van der Waals surface area contributed by atoms with Crippen LogP contribution in [0.25, 0.3) is 0 Å². The second-order valence-corrected chi connectivity index (χ2v) is 8.85. The average Bonchev–Trinajstić information content (AvgIpc) is 2.87. The summed E-state index contributed by atoms with van der Waals surface area (Å²) in [6, 6.07) is 8.12. The number of benzene rings is 2. The van der Waals surface area contributed by atoms with Crippen molar-refractivity contribution in [2.75, 3.05) is 16.8 Å². The summed E-state index contributed by atoms with van der Waals surface area (Å²) in [7, 11) is 0. The van der Waals surface area contributed by atoms with Crippen LogP contribution in [0.5, 0.6) is 0 Å². The molecule has 1 amide bonds. The highest BCUT2D eigenvalue weighted by Crippen LogP contribution is 2.44. The van der Waals surface area contributed by atoms with Gasteiger partial charge in [0.2, 0.25) is 11.8 Å². The monoisotopic (exact) mass is 456 g/mol. The Morgan fingerprint density at radius 3 is 2.57 bits per heavy atom. The van der Waals surface area contributed by atoms with E-state index in [1.165, 1.54) is 12.1 Å². The van der Waals surface area contributed by atoms with E-state index in [1.807, 2.05) is 0 Å². The highest BCUT2D eigenvalue weighted by Gasteiger charge is 2.45. The lowest BCUT2D eigenvalue weighted by Crippen LogP contribution is -2.37. The topological polar surface area (TPSA) is 32.3 Å². The summed E-state index contributed by atoms with van der Waals surface area (Å²) in [6.07, 6.45) is 1.05. The molecule has 1 aliphatic carbocycles. The van der Waals surface area contributed by atoms with Gasteiger partial charge in [0.1, 0.15) is 5.82 Å². The molecule has 2 aromatic rings. The molecule has 0 aromatic heterocycles. The van der Waals surface area contributed by atoms with Gasteiger partial charge in [0.05, 0.1) is 15.7 Å². The predicted octanol–water partition coefficient (Wildman–Crippen LogP) is 6.46. The molecule has 0 saturated heterocycles. The normalized spacial score (nSPS) is 18.4. The van der Waals surface area contributed by atoms with Crippen molar-refractivity contribution in [1.82, 2.24) is 0 Å². The standard InChI is InChI=1S/C22H21Cl2F3N2O/c23-18-9-14-12-29(16-5-3-15(25)4-6-16)7-1-2-17(14)20(24)21(18)28-19(30)8-13-10-22(26,27)11-13/h3-6,9,13H,1-2,7-8,10-12H2,(H,28,30). The molecule has 30 heavy (non-hydrogen) atoms. The average molecular weight is 457 g/mol. The Labute approximate surface area is 183 Å². The van der Waals surface area contributed by atoms with Crippen LogP contribution in [-0.2, 0) is 17.8 Å². The third-order valence-electron chi connectivity index (χ3n) is 5.73. The molecule has 0 bridgehead atoms. The lowest BCUT2D eigenvalue weighted by molar-refractivity contribution is -0.129. The van der Waals surface area contributed by atoms with Crippen LogP contribution in [0.2, 0.25) is 10.0 Å². The Kier molecular flexibility index (Phi) is 5.90. The largest absolute Gasteiger partial charge is 0.367 e.